The maximum atomic E-state index is 10.9. The van der Waals surface area contributed by atoms with Crippen LogP contribution < -0.4 is 4.74 Å². The Balaban J connectivity index is 2.41. The van der Waals surface area contributed by atoms with Gasteiger partial charge in [0.25, 0.3) is 0 Å². The number of hydrogen-bond donors (Lipinski definition) is 2. The van der Waals surface area contributed by atoms with E-state index in [1.807, 2.05) is 6.07 Å². The fourth-order valence-corrected chi connectivity index (χ4v) is 1.98. The number of ether oxygens (including phenoxy) is 1. The van der Waals surface area contributed by atoms with Crippen LogP contribution in [-0.2, 0) is 22.4 Å². The van der Waals surface area contributed by atoms with Gasteiger partial charge in [0.2, 0.25) is 0 Å². The summed E-state index contributed by atoms with van der Waals surface area (Å²) in [5.41, 5.74) is 0.898. The molecular formula is C16H14O5. The second kappa shape index (κ2) is 6.56. The van der Waals surface area contributed by atoms with Gasteiger partial charge in [-0.05, 0) is 12.1 Å². The molecule has 0 heterocycles. The van der Waals surface area contributed by atoms with E-state index in [1.165, 1.54) is 0 Å². The number of carboxylic acid groups (broad SMARTS) is 2. The van der Waals surface area contributed by atoms with Crippen molar-refractivity contribution < 1.29 is 24.5 Å². The van der Waals surface area contributed by atoms with E-state index in [-0.39, 0.29) is 12.8 Å². The SMILES string of the molecule is O=C(O)Cc1cccc(CC(=O)O)c1Oc1ccccc1. The summed E-state index contributed by atoms with van der Waals surface area (Å²) < 4.78 is 5.72. The number of carbonyl (C=O) groups is 2. The minimum Gasteiger partial charge on any atom is -0.481 e. The molecule has 0 unspecified atom stereocenters. The summed E-state index contributed by atoms with van der Waals surface area (Å²) in [6.45, 7) is 0. The normalized spacial score (nSPS) is 10.1. The van der Waals surface area contributed by atoms with Crippen LogP contribution in [0.15, 0.2) is 48.5 Å². The first kappa shape index (κ1) is 14.6. The summed E-state index contributed by atoms with van der Waals surface area (Å²) in [5.74, 6) is -1.17. The first-order valence-corrected chi connectivity index (χ1v) is 6.33. The molecule has 2 aromatic carbocycles. The van der Waals surface area contributed by atoms with Gasteiger partial charge < -0.3 is 14.9 Å². The lowest BCUT2D eigenvalue weighted by Gasteiger charge is -2.14. The van der Waals surface area contributed by atoms with E-state index in [4.69, 9.17) is 14.9 Å². The Labute approximate surface area is 121 Å². The quantitative estimate of drug-likeness (QED) is 0.853. The standard InChI is InChI=1S/C16H14O5/c17-14(18)9-11-5-4-6-12(10-15(19)20)16(11)21-13-7-2-1-3-8-13/h1-8H,9-10H2,(H,17,18)(H,19,20). The van der Waals surface area contributed by atoms with Crippen molar-refractivity contribution in [1.29, 1.82) is 0 Å². The van der Waals surface area contributed by atoms with Gasteiger partial charge in [-0.2, -0.15) is 0 Å². The monoisotopic (exact) mass is 286 g/mol. The van der Waals surface area contributed by atoms with E-state index >= 15 is 0 Å². The van der Waals surface area contributed by atoms with E-state index < -0.39 is 11.9 Å². The van der Waals surface area contributed by atoms with Crippen LogP contribution in [0.5, 0.6) is 11.5 Å². The third-order valence-electron chi connectivity index (χ3n) is 2.82. The van der Waals surface area contributed by atoms with E-state index in [0.717, 1.165) is 0 Å². The average molecular weight is 286 g/mol. The predicted octanol–water partition coefficient (Wildman–Crippen LogP) is 2.73. The smallest absolute Gasteiger partial charge is 0.307 e. The van der Waals surface area contributed by atoms with Gasteiger partial charge in [-0.1, -0.05) is 36.4 Å². The van der Waals surface area contributed by atoms with Crippen LogP contribution in [0.1, 0.15) is 11.1 Å². The molecule has 0 saturated heterocycles. The van der Waals surface area contributed by atoms with Gasteiger partial charge in [-0.15, -0.1) is 0 Å². The molecule has 0 fully saturated rings. The Kier molecular flexibility index (Phi) is 4.56. The lowest BCUT2D eigenvalue weighted by atomic mass is 10.0. The zero-order valence-electron chi connectivity index (χ0n) is 11.2. The zero-order valence-corrected chi connectivity index (χ0v) is 11.2. The second-order valence-corrected chi connectivity index (χ2v) is 4.46. The van der Waals surface area contributed by atoms with Gasteiger partial charge in [0.15, 0.2) is 0 Å². The summed E-state index contributed by atoms with van der Waals surface area (Å²) in [5, 5.41) is 17.9. The molecule has 0 aliphatic carbocycles. The number of carboxylic acids is 2. The molecule has 108 valence electrons. The van der Waals surface area contributed by atoms with Crippen LogP contribution >= 0.6 is 0 Å². The van der Waals surface area contributed by atoms with Crippen molar-refractivity contribution in [3.8, 4) is 11.5 Å². The molecule has 2 N–H and O–H groups in total. The molecule has 0 spiro atoms. The molecule has 2 aromatic rings. The zero-order chi connectivity index (χ0) is 15.2. The highest BCUT2D eigenvalue weighted by molar-refractivity contribution is 5.74. The number of rotatable bonds is 6. The molecule has 0 aromatic heterocycles. The molecule has 0 saturated carbocycles. The number of aliphatic carboxylic acids is 2. The van der Waals surface area contributed by atoms with Crippen LogP contribution in [0.25, 0.3) is 0 Å². The van der Waals surface area contributed by atoms with Gasteiger partial charge >= 0.3 is 11.9 Å². The van der Waals surface area contributed by atoms with E-state index in [1.54, 1.807) is 42.5 Å². The molecule has 0 aliphatic rings. The highest BCUT2D eigenvalue weighted by Gasteiger charge is 2.15. The molecule has 0 radical (unpaired) electrons. The van der Waals surface area contributed by atoms with Gasteiger partial charge in [0.1, 0.15) is 11.5 Å². The van der Waals surface area contributed by atoms with E-state index in [0.29, 0.717) is 22.6 Å². The first-order chi connectivity index (χ1) is 10.1. The Hall–Kier alpha value is -2.82. The largest absolute Gasteiger partial charge is 0.481 e. The first-order valence-electron chi connectivity index (χ1n) is 6.33. The third kappa shape index (κ3) is 4.07. The molecule has 0 atom stereocenters. The van der Waals surface area contributed by atoms with Crippen molar-refractivity contribution in [2.75, 3.05) is 0 Å². The fourth-order valence-electron chi connectivity index (χ4n) is 1.98. The van der Waals surface area contributed by atoms with E-state index in [2.05, 4.69) is 0 Å². The topological polar surface area (TPSA) is 83.8 Å². The van der Waals surface area contributed by atoms with Gasteiger partial charge in [-0.25, -0.2) is 0 Å². The third-order valence-corrected chi connectivity index (χ3v) is 2.82. The van der Waals surface area contributed by atoms with Crippen LogP contribution in [0.3, 0.4) is 0 Å². The second-order valence-electron chi connectivity index (χ2n) is 4.46. The molecule has 5 nitrogen and oxygen atoms in total. The molecule has 0 bridgehead atoms. The number of para-hydroxylation sites is 2. The van der Waals surface area contributed by atoms with Crippen molar-refractivity contribution in [3.63, 3.8) is 0 Å². The van der Waals surface area contributed by atoms with Crippen LogP contribution in [0, 0.1) is 0 Å². The molecule has 21 heavy (non-hydrogen) atoms. The number of benzene rings is 2. The van der Waals surface area contributed by atoms with Gasteiger partial charge in [0.05, 0.1) is 12.8 Å². The van der Waals surface area contributed by atoms with Gasteiger partial charge in [0, 0.05) is 11.1 Å². The lowest BCUT2D eigenvalue weighted by molar-refractivity contribution is -0.137. The summed E-state index contributed by atoms with van der Waals surface area (Å²) in [6, 6.07) is 13.7. The molecule has 0 amide bonds. The summed E-state index contributed by atoms with van der Waals surface area (Å²) in [7, 11) is 0. The minimum absolute atomic E-state index is 0.227. The van der Waals surface area contributed by atoms with Crippen molar-refractivity contribution in [2.45, 2.75) is 12.8 Å². The Morgan fingerprint density at radius 1 is 0.810 bits per heavy atom. The molecule has 2 rings (SSSR count). The minimum atomic E-state index is -1.000. The lowest BCUT2D eigenvalue weighted by Crippen LogP contribution is -2.07. The highest BCUT2D eigenvalue weighted by Crippen LogP contribution is 2.30. The Bertz CT molecular complexity index is 615. The molecule has 0 aliphatic heterocycles. The average Bonchev–Trinajstić information content (AvgIpc) is 2.42. The fraction of sp³-hybridized carbons (Fsp3) is 0.125. The van der Waals surface area contributed by atoms with Crippen molar-refractivity contribution in [2.24, 2.45) is 0 Å². The van der Waals surface area contributed by atoms with Crippen molar-refractivity contribution in [1.82, 2.24) is 0 Å². The number of hydrogen-bond acceptors (Lipinski definition) is 3. The summed E-state index contributed by atoms with van der Waals surface area (Å²) >= 11 is 0. The van der Waals surface area contributed by atoms with E-state index in [9.17, 15) is 9.59 Å². The Morgan fingerprint density at radius 2 is 1.33 bits per heavy atom. The molecule has 5 heteroatoms. The maximum Gasteiger partial charge on any atom is 0.307 e. The molecular weight excluding hydrogens is 272 g/mol. The van der Waals surface area contributed by atoms with Crippen molar-refractivity contribution >= 4 is 11.9 Å². The van der Waals surface area contributed by atoms with Gasteiger partial charge in [-0.3, -0.25) is 9.59 Å². The maximum absolute atomic E-state index is 10.9. The highest BCUT2D eigenvalue weighted by atomic mass is 16.5. The van der Waals surface area contributed by atoms with Crippen LogP contribution in [-0.4, -0.2) is 22.2 Å². The van der Waals surface area contributed by atoms with Crippen LogP contribution in [0.2, 0.25) is 0 Å². The van der Waals surface area contributed by atoms with Crippen molar-refractivity contribution in [3.05, 3.63) is 59.7 Å². The Morgan fingerprint density at radius 3 is 1.81 bits per heavy atom. The van der Waals surface area contributed by atoms with Crippen LogP contribution in [0.4, 0.5) is 0 Å². The predicted molar refractivity (Wildman–Crippen MR) is 75.6 cm³/mol. The summed E-state index contributed by atoms with van der Waals surface area (Å²) in [4.78, 5) is 21.9. The summed E-state index contributed by atoms with van der Waals surface area (Å²) in [6.07, 6.45) is -0.453.